The zero-order valence-electron chi connectivity index (χ0n) is 8.64. The molecule has 5 nitrogen and oxygen atoms in total. The highest BCUT2D eigenvalue weighted by atomic mass is 32.2. The first kappa shape index (κ1) is 14.2. The first-order chi connectivity index (χ1) is 8.23. The van der Waals surface area contributed by atoms with Crippen molar-refractivity contribution in [3.63, 3.8) is 0 Å². The van der Waals surface area contributed by atoms with E-state index in [9.17, 15) is 26.4 Å². The summed E-state index contributed by atoms with van der Waals surface area (Å²) in [6.45, 7) is 0. The topological polar surface area (TPSA) is 72.8 Å². The second kappa shape index (κ2) is 5.19. The van der Waals surface area contributed by atoms with Gasteiger partial charge in [0, 0.05) is 5.56 Å². The van der Waals surface area contributed by atoms with Crippen molar-refractivity contribution in [1.82, 2.24) is 0 Å². The average Bonchev–Trinajstić information content (AvgIpc) is 2.18. The highest BCUT2D eigenvalue weighted by Crippen LogP contribution is 2.27. The smallest absolute Gasteiger partial charge is 0.405 e. The van der Waals surface area contributed by atoms with Crippen LogP contribution in [0.5, 0.6) is 5.75 Å². The van der Waals surface area contributed by atoms with E-state index in [-0.39, 0.29) is 5.56 Å². The number of hydrogen-bond donors (Lipinski definition) is 0. The maximum Gasteiger partial charge on any atom is 0.573 e. The summed E-state index contributed by atoms with van der Waals surface area (Å²) in [5, 5.41) is 0. The number of para-hydroxylation sites is 1. The number of ether oxygens (including phenoxy) is 1. The Kier molecular flexibility index (Phi) is 4.10. The molecule has 0 aliphatic carbocycles. The van der Waals surface area contributed by atoms with Crippen LogP contribution in [0.25, 0.3) is 0 Å². The number of sulfonamides is 1. The molecule has 0 amide bonds. The van der Waals surface area contributed by atoms with E-state index in [1.165, 1.54) is 12.1 Å². The maximum absolute atomic E-state index is 12.0. The van der Waals surface area contributed by atoms with Crippen LogP contribution in [0.3, 0.4) is 0 Å². The molecule has 18 heavy (non-hydrogen) atoms. The van der Waals surface area contributed by atoms with Crippen LogP contribution in [0.15, 0.2) is 28.7 Å². The molecule has 0 N–H and O–H groups in total. The molecule has 1 aromatic rings. The highest BCUT2D eigenvalue weighted by molar-refractivity contribution is 7.89. The van der Waals surface area contributed by atoms with Gasteiger partial charge in [-0.15, -0.1) is 13.2 Å². The molecule has 0 saturated carbocycles. The summed E-state index contributed by atoms with van der Waals surface area (Å²) < 4.78 is 64.6. The predicted octanol–water partition coefficient (Wildman–Crippen LogP) is 1.75. The molecular weight excluding hydrogens is 275 g/mol. The van der Waals surface area contributed by atoms with Gasteiger partial charge in [-0.25, -0.2) is 13.2 Å². The van der Waals surface area contributed by atoms with Crippen molar-refractivity contribution < 1.29 is 31.1 Å². The molecule has 0 atom stereocenters. The summed E-state index contributed by atoms with van der Waals surface area (Å²) in [6, 6.07) is 4.67. The average molecular weight is 281 g/mol. The minimum Gasteiger partial charge on any atom is -0.405 e. The van der Waals surface area contributed by atoms with Gasteiger partial charge < -0.3 is 4.74 Å². The molecule has 0 fully saturated rings. The third kappa shape index (κ3) is 4.56. The Labute approximate surface area is 100.0 Å². The number of rotatable bonds is 4. The van der Waals surface area contributed by atoms with E-state index in [0.717, 1.165) is 18.2 Å². The number of benzene rings is 1. The molecular formula is C9H6F3NO4S. The number of halogens is 3. The Balaban J connectivity index is 3.07. The Morgan fingerprint density at radius 2 is 1.89 bits per heavy atom. The third-order valence-electron chi connectivity index (χ3n) is 1.71. The second-order valence-electron chi connectivity index (χ2n) is 3.06. The standard InChI is InChI=1S/C9H6F3NO4S/c10-9(11,12)17-8-4-2-1-3-7(8)5-18(15,16)13-6-14/h1-4H,5H2. The fourth-order valence-corrected chi connectivity index (χ4v) is 1.94. The van der Waals surface area contributed by atoms with Crippen LogP contribution >= 0.6 is 0 Å². The molecule has 0 bridgehead atoms. The Bertz CT molecular complexity index is 576. The summed E-state index contributed by atoms with van der Waals surface area (Å²) in [5.41, 5.74) is -0.256. The lowest BCUT2D eigenvalue weighted by Gasteiger charge is -2.12. The van der Waals surface area contributed by atoms with Crippen molar-refractivity contribution in [1.29, 1.82) is 0 Å². The van der Waals surface area contributed by atoms with Gasteiger partial charge in [-0.3, -0.25) is 0 Å². The van der Waals surface area contributed by atoms with Crippen molar-refractivity contribution >= 4 is 16.1 Å². The highest BCUT2D eigenvalue weighted by Gasteiger charge is 2.32. The van der Waals surface area contributed by atoms with Gasteiger partial charge >= 0.3 is 6.36 Å². The van der Waals surface area contributed by atoms with E-state index >= 15 is 0 Å². The number of nitrogens with zero attached hydrogens (tertiary/aromatic N) is 1. The van der Waals surface area contributed by atoms with E-state index in [0.29, 0.717) is 0 Å². The lowest BCUT2D eigenvalue weighted by Crippen LogP contribution is -2.18. The van der Waals surface area contributed by atoms with Crippen molar-refractivity contribution in [3.8, 4) is 5.75 Å². The summed E-state index contributed by atoms with van der Waals surface area (Å²) in [7, 11) is -4.21. The first-order valence-corrected chi connectivity index (χ1v) is 6.00. The number of carbonyl (C=O) groups excluding carboxylic acids is 1. The van der Waals surface area contributed by atoms with Crippen LogP contribution in [0.1, 0.15) is 5.56 Å². The van der Waals surface area contributed by atoms with Crippen molar-refractivity contribution in [2.24, 2.45) is 4.40 Å². The van der Waals surface area contributed by atoms with E-state index in [2.05, 4.69) is 9.13 Å². The van der Waals surface area contributed by atoms with Gasteiger partial charge in [-0.05, 0) is 6.07 Å². The third-order valence-corrected chi connectivity index (χ3v) is 2.74. The van der Waals surface area contributed by atoms with Crippen LogP contribution < -0.4 is 4.74 Å². The van der Waals surface area contributed by atoms with Crippen LogP contribution in [0, 0.1) is 0 Å². The maximum atomic E-state index is 12.0. The van der Waals surface area contributed by atoms with Gasteiger partial charge in [-0.1, -0.05) is 22.6 Å². The van der Waals surface area contributed by atoms with Gasteiger partial charge in [0.1, 0.15) is 11.5 Å². The predicted molar refractivity (Wildman–Crippen MR) is 53.9 cm³/mol. The Morgan fingerprint density at radius 1 is 1.28 bits per heavy atom. The quantitative estimate of drug-likeness (QED) is 0.622. The van der Waals surface area contributed by atoms with Gasteiger partial charge in [0.15, 0.2) is 0 Å². The fourth-order valence-electron chi connectivity index (χ4n) is 1.13. The molecule has 0 saturated heterocycles. The fraction of sp³-hybridized carbons (Fsp3) is 0.222. The largest absolute Gasteiger partial charge is 0.573 e. The van der Waals surface area contributed by atoms with Crippen molar-refractivity contribution in [3.05, 3.63) is 29.8 Å². The SMILES string of the molecule is O=C=NS(=O)(=O)Cc1ccccc1OC(F)(F)F. The summed E-state index contributed by atoms with van der Waals surface area (Å²) in [5.74, 6) is -1.54. The number of isocyanates is 1. The first-order valence-electron chi connectivity index (χ1n) is 4.39. The molecule has 98 valence electrons. The van der Waals surface area contributed by atoms with Gasteiger partial charge in [0.25, 0.3) is 16.1 Å². The number of alkyl halides is 3. The molecule has 0 aliphatic heterocycles. The molecule has 0 aliphatic rings. The monoisotopic (exact) mass is 281 g/mol. The summed E-state index contributed by atoms with van der Waals surface area (Å²) in [6.07, 6.45) is -4.12. The second-order valence-corrected chi connectivity index (χ2v) is 4.70. The normalized spacial score (nSPS) is 11.7. The number of hydrogen-bond acceptors (Lipinski definition) is 4. The molecule has 0 aromatic heterocycles. The molecule has 1 aromatic carbocycles. The van der Waals surface area contributed by atoms with Gasteiger partial charge in [0.05, 0.1) is 0 Å². The van der Waals surface area contributed by atoms with E-state index in [4.69, 9.17) is 0 Å². The zero-order chi connectivity index (χ0) is 13.8. The van der Waals surface area contributed by atoms with Gasteiger partial charge in [0.2, 0.25) is 0 Å². The Hall–Kier alpha value is -1.86. The zero-order valence-corrected chi connectivity index (χ0v) is 9.46. The summed E-state index contributed by atoms with van der Waals surface area (Å²) >= 11 is 0. The summed E-state index contributed by atoms with van der Waals surface area (Å²) in [4.78, 5) is 9.84. The van der Waals surface area contributed by atoms with Crippen LogP contribution in [0.4, 0.5) is 13.2 Å². The molecule has 1 rings (SSSR count). The molecule has 0 unspecified atom stereocenters. The molecule has 9 heteroatoms. The van der Waals surface area contributed by atoms with Gasteiger partial charge in [-0.2, -0.15) is 0 Å². The van der Waals surface area contributed by atoms with E-state index in [1.54, 1.807) is 0 Å². The van der Waals surface area contributed by atoms with Crippen LogP contribution in [0.2, 0.25) is 0 Å². The minimum absolute atomic E-state index is 0.256. The van der Waals surface area contributed by atoms with Crippen LogP contribution in [-0.2, 0) is 20.6 Å². The van der Waals surface area contributed by atoms with E-state index in [1.807, 2.05) is 0 Å². The van der Waals surface area contributed by atoms with E-state index < -0.39 is 27.9 Å². The molecule has 0 radical (unpaired) electrons. The molecule has 0 heterocycles. The van der Waals surface area contributed by atoms with Crippen molar-refractivity contribution in [2.75, 3.05) is 0 Å². The lowest BCUT2D eigenvalue weighted by atomic mass is 10.2. The van der Waals surface area contributed by atoms with Crippen LogP contribution in [-0.4, -0.2) is 20.9 Å². The van der Waals surface area contributed by atoms with Crippen molar-refractivity contribution in [2.45, 2.75) is 12.1 Å². The minimum atomic E-state index is -4.94. The Morgan fingerprint density at radius 3 is 2.44 bits per heavy atom. The lowest BCUT2D eigenvalue weighted by molar-refractivity contribution is -0.274. The molecule has 0 spiro atoms.